The molecule has 4 atom stereocenters. The molecule has 11 nitrogen and oxygen atoms in total. The number of carbonyl (C=O) groups is 2. The van der Waals surface area contributed by atoms with Crippen LogP contribution in [0.2, 0.25) is 0 Å². The number of ether oxygens (including phenoxy) is 2. The van der Waals surface area contributed by atoms with E-state index in [-0.39, 0.29) is 51.9 Å². The zero-order chi connectivity index (χ0) is 40.7. The monoisotopic (exact) mass is 800 g/mol. The van der Waals surface area contributed by atoms with Gasteiger partial charge in [-0.2, -0.15) is 0 Å². The number of allylic oxidation sites excluding steroid dienone is 7. The van der Waals surface area contributed by atoms with Crippen molar-refractivity contribution in [1.29, 1.82) is 0 Å². The normalized spacial score (nSPS) is 14.9. The second-order valence-electron chi connectivity index (χ2n) is 14.2. The van der Waals surface area contributed by atoms with Crippen LogP contribution in [-0.4, -0.2) is 71.7 Å². The Morgan fingerprint density at radius 1 is 0.618 bits per heavy atom. The zero-order valence-electron chi connectivity index (χ0n) is 34.4. The molecule has 0 aromatic heterocycles. The van der Waals surface area contributed by atoms with Crippen LogP contribution in [0.4, 0.5) is 0 Å². The Hall–Kier alpha value is -2.11. The molecule has 0 radical (unpaired) electrons. The molecule has 3 unspecified atom stereocenters. The number of esters is 2. The average Bonchev–Trinajstić information content (AvgIpc) is 3.16. The lowest BCUT2D eigenvalue weighted by Gasteiger charge is -2.20. The van der Waals surface area contributed by atoms with Crippen molar-refractivity contribution in [2.75, 3.05) is 26.4 Å². The Labute approximate surface area is 333 Å². The summed E-state index contributed by atoms with van der Waals surface area (Å²) in [5, 5.41) is 20.7. The lowest BCUT2D eigenvalue weighted by atomic mass is 10.0. The number of phosphoric ester groups is 1. The first-order chi connectivity index (χ1) is 26.6. The Morgan fingerprint density at radius 3 is 1.76 bits per heavy atom. The van der Waals surface area contributed by atoms with E-state index in [2.05, 4.69) is 50.3 Å². The summed E-state index contributed by atoms with van der Waals surface area (Å²) in [6.07, 6.45) is 35.9. The molecule has 0 spiro atoms. The van der Waals surface area contributed by atoms with Gasteiger partial charge in [-0.3, -0.25) is 18.6 Å². The van der Waals surface area contributed by atoms with Gasteiger partial charge in [0.1, 0.15) is 6.61 Å². The molecular weight excluding hydrogens is 721 g/mol. The molecule has 0 aromatic rings. The molecule has 0 aliphatic heterocycles. The second-order valence-corrected chi connectivity index (χ2v) is 15.6. The topological polar surface area (TPSA) is 175 Å². The minimum atomic E-state index is -4.46. The lowest BCUT2D eigenvalue weighted by molar-refractivity contribution is -0.161. The highest BCUT2D eigenvalue weighted by Gasteiger charge is 2.26. The highest BCUT2D eigenvalue weighted by atomic mass is 31.2. The number of hydrogen-bond donors (Lipinski definition) is 4. The third-order valence-corrected chi connectivity index (χ3v) is 9.87. The molecule has 0 aliphatic carbocycles. The summed E-state index contributed by atoms with van der Waals surface area (Å²) < 4.78 is 32.5. The van der Waals surface area contributed by atoms with Crippen molar-refractivity contribution in [3.8, 4) is 0 Å². The third kappa shape index (κ3) is 37.2. The van der Waals surface area contributed by atoms with Gasteiger partial charge in [-0.15, -0.1) is 0 Å². The summed E-state index contributed by atoms with van der Waals surface area (Å²) in [7, 11) is -4.46. The summed E-state index contributed by atoms with van der Waals surface area (Å²) in [5.41, 5.74) is 5.33. The van der Waals surface area contributed by atoms with Gasteiger partial charge in [0.2, 0.25) is 0 Å². The van der Waals surface area contributed by atoms with E-state index in [0.717, 1.165) is 44.9 Å². The van der Waals surface area contributed by atoms with Crippen molar-refractivity contribution >= 4 is 19.8 Å². The lowest BCUT2D eigenvalue weighted by Crippen LogP contribution is -2.30. The van der Waals surface area contributed by atoms with Crippen LogP contribution in [-0.2, 0) is 32.7 Å². The highest BCUT2D eigenvalue weighted by molar-refractivity contribution is 7.47. The fourth-order valence-corrected chi connectivity index (χ4v) is 6.32. The van der Waals surface area contributed by atoms with Gasteiger partial charge in [-0.05, 0) is 77.0 Å². The molecule has 12 heteroatoms. The maximum Gasteiger partial charge on any atom is 0.472 e. The highest BCUT2D eigenvalue weighted by Crippen LogP contribution is 2.43. The molecule has 0 heterocycles. The quantitative estimate of drug-likeness (QED) is 0.0202. The Kier molecular flexibility index (Phi) is 37.3. The van der Waals surface area contributed by atoms with E-state index < -0.39 is 44.7 Å². The van der Waals surface area contributed by atoms with Gasteiger partial charge in [-0.1, -0.05) is 127 Å². The van der Waals surface area contributed by atoms with E-state index in [0.29, 0.717) is 6.42 Å². The molecule has 0 saturated heterocycles. The van der Waals surface area contributed by atoms with Crippen LogP contribution in [0.3, 0.4) is 0 Å². The largest absolute Gasteiger partial charge is 0.472 e. The molecule has 0 aromatic carbocycles. The van der Waals surface area contributed by atoms with Gasteiger partial charge in [-0.25, -0.2) is 4.57 Å². The van der Waals surface area contributed by atoms with Crippen molar-refractivity contribution < 1.29 is 47.8 Å². The molecule has 0 aliphatic rings. The van der Waals surface area contributed by atoms with Crippen LogP contribution in [0, 0.1) is 0 Å². The van der Waals surface area contributed by atoms with E-state index >= 15 is 0 Å². The van der Waals surface area contributed by atoms with Crippen LogP contribution in [0.25, 0.3) is 0 Å². The summed E-state index contributed by atoms with van der Waals surface area (Å²) in [4.78, 5) is 34.9. The molecule has 0 bridgehead atoms. The molecule has 5 N–H and O–H groups in total. The maximum atomic E-state index is 12.6. The fraction of sp³-hybridized carbons (Fsp3) is 0.767. The van der Waals surface area contributed by atoms with E-state index in [1.807, 2.05) is 12.2 Å². The van der Waals surface area contributed by atoms with Gasteiger partial charge >= 0.3 is 19.8 Å². The minimum Gasteiger partial charge on any atom is -0.462 e. The summed E-state index contributed by atoms with van der Waals surface area (Å²) in [5.74, 6) is -1.12. The molecule has 0 rings (SSSR count). The maximum absolute atomic E-state index is 12.6. The van der Waals surface area contributed by atoms with Gasteiger partial charge < -0.3 is 30.3 Å². The number of unbranched alkanes of at least 4 members (excludes halogenated alkanes) is 14. The molecular formula is C43H78NO10P. The van der Waals surface area contributed by atoms with Crippen molar-refractivity contribution in [2.45, 2.75) is 186 Å². The summed E-state index contributed by atoms with van der Waals surface area (Å²) in [6, 6.07) is 0. The van der Waals surface area contributed by atoms with Crippen molar-refractivity contribution in [1.82, 2.24) is 0 Å². The molecule has 320 valence electrons. The molecule has 0 fully saturated rings. The predicted molar refractivity (Wildman–Crippen MR) is 222 cm³/mol. The van der Waals surface area contributed by atoms with Crippen LogP contribution in [0.15, 0.2) is 48.6 Å². The Balaban J connectivity index is 4.43. The summed E-state index contributed by atoms with van der Waals surface area (Å²) >= 11 is 0. The van der Waals surface area contributed by atoms with Gasteiger partial charge in [0.25, 0.3) is 0 Å². The van der Waals surface area contributed by atoms with E-state index in [9.17, 15) is 29.3 Å². The van der Waals surface area contributed by atoms with Crippen LogP contribution >= 0.6 is 7.82 Å². The average molecular weight is 800 g/mol. The van der Waals surface area contributed by atoms with Crippen LogP contribution < -0.4 is 5.73 Å². The van der Waals surface area contributed by atoms with Crippen LogP contribution in [0.5, 0.6) is 0 Å². The van der Waals surface area contributed by atoms with Crippen molar-refractivity contribution in [3.05, 3.63) is 48.6 Å². The first-order valence-electron chi connectivity index (χ1n) is 21.3. The van der Waals surface area contributed by atoms with E-state index in [1.54, 1.807) is 0 Å². The van der Waals surface area contributed by atoms with Gasteiger partial charge in [0, 0.05) is 19.4 Å². The molecule has 0 saturated carbocycles. The molecule has 0 amide bonds. The SMILES string of the molecule is CCCCC/C=C\C/C=C\C/C=C\CC(O)C(O)CCCC(=O)O[C@H](COC(=O)CCCCCCCCC/C=C\CCCCCC)COP(=O)(O)OCCN. The number of carbonyl (C=O) groups excluding carboxylic acids is 2. The molecule has 55 heavy (non-hydrogen) atoms. The second kappa shape index (κ2) is 38.7. The van der Waals surface area contributed by atoms with E-state index in [4.69, 9.17) is 24.3 Å². The summed E-state index contributed by atoms with van der Waals surface area (Å²) in [6.45, 7) is 3.34. The van der Waals surface area contributed by atoms with E-state index in [1.165, 1.54) is 70.6 Å². The number of aliphatic hydroxyl groups excluding tert-OH is 2. The number of hydrogen-bond acceptors (Lipinski definition) is 10. The Morgan fingerprint density at radius 2 is 1.13 bits per heavy atom. The standard InChI is InChI=1S/C43H78NO10P/c1-3-5-7-9-11-13-15-17-18-19-21-23-25-27-29-33-42(47)51-37-39(38-53-55(49,50)52-36-35-44)54-43(48)34-30-32-41(46)40(45)31-28-26-24-22-20-16-14-12-10-8-6-4-2/h12-15,20,22,26,28,39-41,45-46H,3-11,16-19,21,23-25,27,29-38,44H2,1-2H3,(H,49,50)/b14-12-,15-13-,22-20-,28-26-/t39-,40?,41?/m1/s1. The number of phosphoric acid groups is 1. The smallest absolute Gasteiger partial charge is 0.462 e. The van der Waals surface area contributed by atoms with Crippen molar-refractivity contribution in [2.24, 2.45) is 5.73 Å². The number of rotatable bonds is 39. The number of nitrogens with two attached hydrogens (primary N) is 1. The fourth-order valence-electron chi connectivity index (χ4n) is 5.55. The van der Waals surface area contributed by atoms with Gasteiger partial charge in [0.05, 0.1) is 25.4 Å². The zero-order valence-corrected chi connectivity index (χ0v) is 35.3. The first kappa shape index (κ1) is 52.9. The Bertz CT molecular complexity index is 1080. The third-order valence-electron chi connectivity index (χ3n) is 8.89. The minimum absolute atomic E-state index is 0.00634. The first-order valence-corrected chi connectivity index (χ1v) is 22.8. The van der Waals surface area contributed by atoms with Crippen LogP contribution in [0.1, 0.15) is 168 Å². The number of aliphatic hydroxyl groups is 2. The van der Waals surface area contributed by atoms with Crippen molar-refractivity contribution in [3.63, 3.8) is 0 Å². The van der Waals surface area contributed by atoms with Gasteiger partial charge in [0.15, 0.2) is 6.10 Å². The predicted octanol–water partition coefficient (Wildman–Crippen LogP) is 9.88.